The standard InChI is InChI=1S/C11H11BrClNO2/c1-14(2)4-3-10(15)8-5-7(13)6-9(12)11(8)16/h3-6,16H,1-2H3/b4-3+. The van der Waals surface area contributed by atoms with E-state index in [0.29, 0.717) is 9.50 Å². The Morgan fingerprint density at radius 2 is 2.12 bits per heavy atom. The van der Waals surface area contributed by atoms with Gasteiger partial charge < -0.3 is 10.0 Å². The Labute approximate surface area is 107 Å². The molecule has 0 aliphatic heterocycles. The van der Waals surface area contributed by atoms with Crippen molar-refractivity contribution in [1.82, 2.24) is 4.90 Å². The van der Waals surface area contributed by atoms with E-state index in [0.717, 1.165) is 0 Å². The minimum atomic E-state index is -0.297. The molecule has 5 heteroatoms. The SMILES string of the molecule is CN(C)/C=C/C(=O)c1cc(Cl)cc(Br)c1O. The lowest BCUT2D eigenvalue weighted by Gasteiger charge is -2.05. The van der Waals surface area contributed by atoms with Crippen LogP contribution < -0.4 is 0 Å². The van der Waals surface area contributed by atoms with Crippen LogP contribution in [-0.4, -0.2) is 29.9 Å². The summed E-state index contributed by atoms with van der Waals surface area (Å²) in [6.45, 7) is 0. The van der Waals surface area contributed by atoms with Crippen LogP contribution in [0.15, 0.2) is 28.9 Å². The third-order valence-electron chi connectivity index (χ3n) is 1.82. The fourth-order valence-electron chi connectivity index (χ4n) is 1.06. The predicted octanol–water partition coefficient (Wildman–Crippen LogP) is 3.07. The first-order valence-electron chi connectivity index (χ1n) is 4.49. The maximum absolute atomic E-state index is 11.7. The summed E-state index contributed by atoms with van der Waals surface area (Å²) in [4.78, 5) is 13.5. The van der Waals surface area contributed by atoms with Gasteiger partial charge in [0.05, 0.1) is 10.0 Å². The molecule has 1 aromatic rings. The Hall–Kier alpha value is -1.00. The Balaban J connectivity index is 3.09. The molecule has 0 aliphatic rings. The number of rotatable bonds is 3. The summed E-state index contributed by atoms with van der Waals surface area (Å²) in [6.07, 6.45) is 2.98. The van der Waals surface area contributed by atoms with Crippen LogP contribution in [0, 0.1) is 0 Å². The second-order valence-electron chi connectivity index (χ2n) is 3.43. The van der Waals surface area contributed by atoms with Gasteiger partial charge in [0.15, 0.2) is 5.78 Å². The van der Waals surface area contributed by atoms with E-state index in [2.05, 4.69) is 15.9 Å². The van der Waals surface area contributed by atoms with Crippen molar-refractivity contribution in [2.45, 2.75) is 0 Å². The summed E-state index contributed by atoms with van der Waals surface area (Å²) in [6, 6.07) is 2.97. The van der Waals surface area contributed by atoms with Crippen molar-refractivity contribution in [3.8, 4) is 5.75 Å². The van der Waals surface area contributed by atoms with E-state index >= 15 is 0 Å². The summed E-state index contributed by atoms with van der Waals surface area (Å²) in [5.74, 6) is -0.396. The van der Waals surface area contributed by atoms with Gasteiger partial charge in [-0.3, -0.25) is 4.79 Å². The van der Waals surface area contributed by atoms with E-state index in [9.17, 15) is 9.90 Å². The van der Waals surface area contributed by atoms with E-state index in [-0.39, 0.29) is 17.1 Å². The molecule has 86 valence electrons. The highest BCUT2D eigenvalue weighted by Crippen LogP contribution is 2.31. The first kappa shape index (κ1) is 13.1. The van der Waals surface area contributed by atoms with E-state index in [1.807, 2.05) is 0 Å². The molecule has 1 aromatic carbocycles. The number of halogens is 2. The molecule has 0 bridgehead atoms. The Bertz CT molecular complexity index is 444. The lowest BCUT2D eigenvalue weighted by molar-refractivity contribution is 0.104. The molecule has 0 heterocycles. The molecule has 1 N–H and O–H groups in total. The number of hydrogen-bond donors (Lipinski definition) is 1. The van der Waals surface area contributed by atoms with Gasteiger partial charge in [0.1, 0.15) is 5.75 Å². The van der Waals surface area contributed by atoms with Gasteiger partial charge in [-0.1, -0.05) is 11.6 Å². The van der Waals surface area contributed by atoms with Crippen LogP contribution in [-0.2, 0) is 0 Å². The number of allylic oxidation sites excluding steroid dienone is 1. The molecule has 0 amide bonds. The number of phenolic OH excluding ortho intramolecular Hbond substituents is 1. The van der Waals surface area contributed by atoms with E-state index < -0.39 is 0 Å². The smallest absolute Gasteiger partial charge is 0.191 e. The Morgan fingerprint density at radius 3 is 2.69 bits per heavy atom. The van der Waals surface area contributed by atoms with Crippen molar-refractivity contribution in [3.05, 3.63) is 39.5 Å². The third kappa shape index (κ3) is 3.25. The molecule has 0 fully saturated rings. The number of benzene rings is 1. The predicted molar refractivity (Wildman–Crippen MR) is 68.0 cm³/mol. The van der Waals surface area contributed by atoms with Gasteiger partial charge in [-0.25, -0.2) is 0 Å². The highest BCUT2D eigenvalue weighted by Gasteiger charge is 2.12. The van der Waals surface area contributed by atoms with Crippen molar-refractivity contribution in [2.24, 2.45) is 0 Å². The molecule has 0 saturated heterocycles. The fourth-order valence-corrected chi connectivity index (χ4v) is 1.87. The fraction of sp³-hybridized carbons (Fsp3) is 0.182. The number of hydrogen-bond acceptors (Lipinski definition) is 3. The van der Waals surface area contributed by atoms with Gasteiger partial charge in [-0.05, 0) is 28.1 Å². The minimum Gasteiger partial charge on any atom is -0.506 e. The van der Waals surface area contributed by atoms with Crippen LogP contribution in [0.2, 0.25) is 5.02 Å². The number of carbonyl (C=O) groups excluding carboxylic acids is 1. The van der Waals surface area contributed by atoms with E-state index in [4.69, 9.17) is 11.6 Å². The second-order valence-corrected chi connectivity index (χ2v) is 4.72. The lowest BCUT2D eigenvalue weighted by Crippen LogP contribution is -2.03. The quantitative estimate of drug-likeness (QED) is 0.689. The molecule has 1 rings (SSSR count). The second kappa shape index (κ2) is 5.37. The van der Waals surface area contributed by atoms with Crippen LogP contribution in [0.5, 0.6) is 5.75 Å². The first-order valence-corrected chi connectivity index (χ1v) is 5.66. The third-order valence-corrected chi connectivity index (χ3v) is 2.64. The summed E-state index contributed by atoms with van der Waals surface area (Å²) < 4.78 is 0.404. The van der Waals surface area contributed by atoms with Crippen LogP contribution >= 0.6 is 27.5 Å². The number of nitrogens with zero attached hydrogens (tertiary/aromatic N) is 1. The van der Waals surface area contributed by atoms with Crippen molar-refractivity contribution in [2.75, 3.05) is 14.1 Å². The van der Waals surface area contributed by atoms with Gasteiger partial charge >= 0.3 is 0 Å². The normalized spacial score (nSPS) is 10.8. The number of carbonyl (C=O) groups is 1. The highest BCUT2D eigenvalue weighted by atomic mass is 79.9. The number of aromatic hydroxyl groups is 1. The van der Waals surface area contributed by atoms with Gasteiger partial charge in [-0.2, -0.15) is 0 Å². The van der Waals surface area contributed by atoms with Crippen LogP contribution in [0.3, 0.4) is 0 Å². The summed E-state index contributed by atoms with van der Waals surface area (Å²) in [5.41, 5.74) is 0.178. The topological polar surface area (TPSA) is 40.5 Å². The number of phenols is 1. The first-order chi connectivity index (χ1) is 7.41. The van der Waals surface area contributed by atoms with Crippen molar-refractivity contribution >= 4 is 33.3 Å². The molecular weight excluding hydrogens is 293 g/mol. The Kier molecular flexibility index (Phi) is 4.38. The zero-order chi connectivity index (χ0) is 12.3. The monoisotopic (exact) mass is 303 g/mol. The Morgan fingerprint density at radius 1 is 1.50 bits per heavy atom. The maximum Gasteiger partial charge on any atom is 0.191 e. The van der Waals surface area contributed by atoms with Crippen molar-refractivity contribution < 1.29 is 9.90 Å². The molecule has 0 atom stereocenters. The van der Waals surface area contributed by atoms with E-state index in [1.54, 1.807) is 25.2 Å². The summed E-state index contributed by atoms with van der Waals surface area (Å²) >= 11 is 8.93. The molecule has 0 aromatic heterocycles. The largest absolute Gasteiger partial charge is 0.506 e. The van der Waals surface area contributed by atoms with Crippen molar-refractivity contribution in [3.63, 3.8) is 0 Å². The van der Waals surface area contributed by atoms with E-state index in [1.165, 1.54) is 18.2 Å². The van der Waals surface area contributed by atoms with Crippen molar-refractivity contribution in [1.29, 1.82) is 0 Å². The van der Waals surface area contributed by atoms with Gasteiger partial charge in [-0.15, -0.1) is 0 Å². The summed E-state index contributed by atoms with van der Waals surface area (Å²) in [5, 5.41) is 10.1. The molecular formula is C11H11BrClNO2. The zero-order valence-electron chi connectivity index (χ0n) is 8.87. The lowest BCUT2D eigenvalue weighted by atomic mass is 10.1. The zero-order valence-corrected chi connectivity index (χ0v) is 11.2. The molecule has 0 saturated carbocycles. The minimum absolute atomic E-state index is 0.0993. The van der Waals surface area contributed by atoms with Gasteiger partial charge in [0.25, 0.3) is 0 Å². The molecule has 0 aliphatic carbocycles. The van der Waals surface area contributed by atoms with Crippen LogP contribution in [0.25, 0.3) is 0 Å². The highest BCUT2D eigenvalue weighted by molar-refractivity contribution is 9.10. The maximum atomic E-state index is 11.7. The summed E-state index contributed by atoms with van der Waals surface area (Å²) in [7, 11) is 3.61. The average molecular weight is 305 g/mol. The average Bonchev–Trinajstić information content (AvgIpc) is 2.19. The molecule has 0 unspecified atom stereocenters. The molecule has 3 nitrogen and oxygen atoms in total. The van der Waals surface area contributed by atoms with Crippen LogP contribution in [0.1, 0.15) is 10.4 Å². The molecule has 0 spiro atoms. The van der Waals surface area contributed by atoms with Gasteiger partial charge in [0.2, 0.25) is 0 Å². The molecule has 16 heavy (non-hydrogen) atoms. The van der Waals surface area contributed by atoms with Crippen LogP contribution in [0.4, 0.5) is 0 Å². The van der Waals surface area contributed by atoms with Gasteiger partial charge in [0, 0.05) is 31.4 Å². The molecule has 0 radical (unpaired) electrons. The number of ketones is 1.